The number of fused-ring (bicyclic) bond motifs is 1. The number of alkyl halides is 1. The first-order valence-corrected chi connectivity index (χ1v) is 4.78. The Kier molecular flexibility index (Phi) is 2.21. The van der Waals surface area contributed by atoms with Crippen LogP contribution < -0.4 is 0 Å². The fourth-order valence-electron chi connectivity index (χ4n) is 1.65. The minimum atomic E-state index is -0.894. The second-order valence-corrected chi connectivity index (χ2v) is 4.24. The van der Waals surface area contributed by atoms with Crippen molar-refractivity contribution < 1.29 is 14.9 Å². The molecule has 1 heterocycles. The molecule has 1 aliphatic carbocycles. The van der Waals surface area contributed by atoms with Crippen molar-refractivity contribution in [3.63, 3.8) is 0 Å². The van der Waals surface area contributed by atoms with Gasteiger partial charge in [-0.2, -0.15) is 0 Å². The number of hydrogen-bond acceptors (Lipinski definition) is 4. The van der Waals surface area contributed by atoms with Crippen LogP contribution in [0.5, 0.6) is 0 Å². The number of aliphatic hydroxyl groups is 2. The topological polar surface area (TPSA) is 102 Å². The van der Waals surface area contributed by atoms with Crippen LogP contribution in [0.15, 0.2) is 5.11 Å². The van der Waals surface area contributed by atoms with E-state index in [2.05, 4.69) is 26.0 Å². The van der Waals surface area contributed by atoms with E-state index in [4.69, 9.17) is 10.3 Å². The lowest BCUT2D eigenvalue weighted by Crippen LogP contribution is -2.50. The van der Waals surface area contributed by atoms with E-state index in [1.54, 1.807) is 0 Å². The molecule has 6 nitrogen and oxygen atoms in total. The van der Waals surface area contributed by atoms with E-state index in [-0.39, 0.29) is 12.2 Å². The molecule has 7 heteroatoms. The minimum Gasteiger partial charge on any atom is -0.391 e. The zero-order valence-corrected chi connectivity index (χ0v) is 8.07. The Morgan fingerprint density at radius 1 is 1.31 bits per heavy atom. The average Bonchev–Trinajstić information content (AvgIpc) is 2.88. The van der Waals surface area contributed by atoms with E-state index >= 15 is 0 Å². The van der Waals surface area contributed by atoms with Gasteiger partial charge in [-0.1, -0.05) is 21.0 Å². The van der Waals surface area contributed by atoms with Crippen LogP contribution in [0.25, 0.3) is 10.4 Å². The second-order valence-electron chi connectivity index (χ2n) is 3.19. The van der Waals surface area contributed by atoms with Crippen LogP contribution in [0.1, 0.15) is 0 Å². The summed E-state index contributed by atoms with van der Waals surface area (Å²) < 4.78 is 5.09. The van der Waals surface area contributed by atoms with E-state index < -0.39 is 23.1 Å². The molecular weight excluding hydrogens is 242 g/mol. The molecule has 6 atom stereocenters. The summed E-state index contributed by atoms with van der Waals surface area (Å²) in [6.45, 7) is 0. The van der Waals surface area contributed by atoms with Gasteiger partial charge >= 0.3 is 0 Å². The molecule has 1 saturated carbocycles. The minimum absolute atomic E-state index is 0.303. The molecule has 2 N–H and O–H groups in total. The number of hydrogen-bond donors (Lipinski definition) is 2. The van der Waals surface area contributed by atoms with Crippen molar-refractivity contribution in [1.29, 1.82) is 0 Å². The molecule has 1 aliphatic heterocycles. The lowest BCUT2D eigenvalue weighted by molar-refractivity contribution is 0.0533. The smallest absolute Gasteiger partial charge is 0.112 e. The maximum Gasteiger partial charge on any atom is 0.112 e. The van der Waals surface area contributed by atoms with Gasteiger partial charge in [-0.25, -0.2) is 0 Å². The molecule has 0 unspecified atom stereocenters. The first-order chi connectivity index (χ1) is 6.16. The van der Waals surface area contributed by atoms with Crippen LogP contribution in [0.3, 0.4) is 0 Å². The second kappa shape index (κ2) is 3.11. The van der Waals surface area contributed by atoms with Crippen molar-refractivity contribution in [3.8, 4) is 0 Å². The van der Waals surface area contributed by atoms with Gasteiger partial charge in [0.2, 0.25) is 0 Å². The summed E-state index contributed by atoms with van der Waals surface area (Å²) in [5, 5.41) is 22.5. The van der Waals surface area contributed by atoms with Crippen LogP contribution in [0, 0.1) is 0 Å². The fraction of sp³-hybridized carbons (Fsp3) is 1.00. The first-order valence-electron chi connectivity index (χ1n) is 3.86. The molecule has 2 aliphatic rings. The van der Waals surface area contributed by atoms with Crippen LogP contribution in [0.4, 0.5) is 0 Å². The van der Waals surface area contributed by atoms with E-state index in [0.717, 1.165) is 0 Å². The van der Waals surface area contributed by atoms with Gasteiger partial charge < -0.3 is 14.9 Å². The highest BCUT2D eigenvalue weighted by Gasteiger charge is 2.59. The van der Waals surface area contributed by atoms with Gasteiger partial charge in [0.1, 0.15) is 6.10 Å². The van der Waals surface area contributed by atoms with Crippen molar-refractivity contribution >= 4 is 15.9 Å². The molecule has 1 saturated heterocycles. The van der Waals surface area contributed by atoms with Crippen molar-refractivity contribution in [2.45, 2.75) is 35.3 Å². The molecule has 0 aromatic heterocycles. The Bertz CT molecular complexity index is 270. The molecule has 2 fully saturated rings. The Morgan fingerprint density at radius 3 is 2.62 bits per heavy atom. The third kappa shape index (κ3) is 1.33. The summed E-state index contributed by atoms with van der Waals surface area (Å²) in [4.78, 5) is 2.14. The predicted octanol–water partition coefficient (Wildman–Crippen LogP) is -0.0684. The lowest BCUT2D eigenvalue weighted by Gasteiger charge is -2.29. The van der Waals surface area contributed by atoms with Crippen LogP contribution in [-0.2, 0) is 4.74 Å². The number of nitrogens with zero attached hydrogens (tertiary/aromatic N) is 3. The summed E-state index contributed by atoms with van der Waals surface area (Å²) in [7, 11) is 0. The molecule has 0 bridgehead atoms. The third-order valence-corrected chi connectivity index (χ3v) is 3.51. The molecule has 0 spiro atoms. The van der Waals surface area contributed by atoms with Gasteiger partial charge in [0.05, 0.1) is 29.2 Å². The monoisotopic (exact) mass is 249 g/mol. The Labute approximate surface area is 82.3 Å². The summed E-state index contributed by atoms with van der Waals surface area (Å²) in [5.41, 5.74) is 8.24. The molecule has 0 aromatic rings. The summed E-state index contributed by atoms with van der Waals surface area (Å²) in [6.07, 6.45) is -2.25. The average molecular weight is 250 g/mol. The SMILES string of the molecule is [N-]=[N+]=N[C@H]1[C@H](O)[C@H](Br)[C@@H](O)[C@H]2O[C@@H]12. The van der Waals surface area contributed by atoms with Gasteiger partial charge in [0.25, 0.3) is 0 Å². The number of azide groups is 1. The molecule has 0 amide bonds. The van der Waals surface area contributed by atoms with Gasteiger partial charge in [-0.3, -0.25) is 0 Å². The first kappa shape index (κ1) is 9.23. The molecule has 72 valence electrons. The summed E-state index contributed by atoms with van der Waals surface area (Å²) >= 11 is 3.13. The highest BCUT2D eigenvalue weighted by atomic mass is 79.9. The van der Waals surface area contributed by atoms with Crippen LogP contribution in [-0.4, -0.2) is 45.5 Å². The molecular formula is C6H8BrN3O3. The highest BCUT2D eigenvalue weighted by molar-refractivity contribution is 9.09. The summed E-state index contributed by atoms with van der Waals surface area (Å²) in [5.74, 6) is 0. The third-order valence-electron chi connectivity index (χ3n) is 2.42. The number of aliphatic hydroxyl groups excluding tert-OH is 2. The van der Waals surface area contributed by atoms with E-state index in [1.807, 2.05) is 0 Å². The molecule has 0 radical (unpaired) electrons. The lowest BCUT2D eigenvalue weighted by atomic mass is 9.91. The predicted molar refractivity (Wildman–Crippen MR) is 46.3 cm³/mol. The normalized spacial score (nSPS) is 53.5. The Morgan fingerprint density at radius 2 is 2.00 bits per heavy atom. The Hall–Kier alpha value is -0.330. The quantitative estimate of drug-likeness (QED) is 0.224. The van der Waals surface area contributed by atoms with Crippen LogP contribution >= 0.6 is 15.9 Å². The zero-order chi connectivity index (χ0) is 9.59. The van der Waals surface area contributed by atoms with Gasteiger partial charge in [0, 0.05) is 4.91 Å². The van der Waals surface area contributed by atoms with Crippen molar-refractivity contribution in [3.05, 3.63) is 10.4 Å². The number of ether oxygens (including phenoxy) is 1. The van der Waals surface area contributed by atoms with E-state index in [1.165, 1.54) is 0 Å². The number of halogens is 1. The largest absolute Gasteiger partial charge is 0.391 e. The maximum atomic E-state index is 9.58. The summed E-state index contributed by atoms with van der Waals surface area (Å²) in [6, 6.07) is -0.595. The highest BCUT2D eigenvalue weighted by Crippen LogP contribution is 2.41. The van der Waals surface area contributed by atoms with Crippen molar-refractivity contribution in [2.24, 2.45) is 5.11 Å². The van der Waals surface area contributed by atoms with Crippen molar-refractivity contribution in [2.75, 3.05) is 0 Å². The standard InChI is InChI=1S/C6H8BrN3O3/c7-1-3(11)2(9-10-8)5-6(13-5)4(1)12/h1-6,11-12H/t1-,2-,3+,4+,5-,6+/m0/s1. The molecule has 13 heavy (non-hydrogen) atoms. The van der Waals surface area contributed by atoms with E-state index in [9.17, 15) is 10.2 Å². The fourth-order valence-corrected chi connectivity index (χ4v) is 2.26. The Balaban J connectivity index is 2.18. The molecule has 2 rings (SSSR count). The number of rotatable bonds is 1. The maximum absolute atomic E-state index is 9.58. The van der Waals surface area contributed by atoms with E-state index in [0.29, 0.717) is 0 Å². The van der Waals surface area contributed by atoms with Crippen LogP contribution in [0.2, 0.25) is 0 Å². The van der Waals surface area contributed by atoms with Gasteiger partial charge in [-0.05, 0) is 5.53 Å². The van der Waals surface area contributed by atoms with Crippen molar-refractivity contribution in [1.82, 2.24) is 0 Å². The van der Waals surface area contributed by atoms with Gasteiger partial charge in [-0.15, -0.1) is 0 Å². The molecule has 0 aromatic carbocycles. The zero-order valence-electron chi connectivity index (χ0n) is 6.49. The van der Waals surface area contributed by atoms with Gasteiger partial charge in [0.15, 0.2) is 0 Å². The number of epoxide rings is 1.